The van der Waals surface area contributed by atoms with Crippen LogP contribution in [0.3, 0.4) is 0 Å². The number of alkyl carbamates (subject to hydrolysis) is 1. The summed E-state index contributed by atoms with van der Waals surface area (Å²) in [4.78, 5) is 42.7. The summed E-state index contributed by atoms with van der Waals surface area (Å²) < 4.78 is 5.54. The molecule has 2 unspecified atom stereocenters. The first-order valence-electron chi connectivity index (χ1n) is 13.3. The van der Waals surface area contributed by atoms with Crippen LogP contribution in [-0.2, 0) is 9.53 Å². The standard InChI is InChI=1S/C28H38ClN7O4/c1-27(2,3)40-26(39)34-28(11-14-36(15-12-28)24-20-10-13-30-23(20)31-17-32-24)25(38)33-21(16-22(37)35(4)5)18-6-8-19(29)9-7-18/h6-10,13,17,21-22,37H,11-12,14-16H2,1-5H3,(H,33,38)(H,34,39)(H,30,31,32). The summed E-state index contributed by atoms with van der Waals surface area (Å²) in [5.74, 6) is 0.420. The zero-order valence-corrected chi connectivity index (χ0v) is 24.3. The van der Waals surface area contributed by atoms with Gasteiger partial charge in [0.25, 0.3) is 0 Å². The molecule has 0 bridgehead atoms. The average molecular weight is 572 g/mol. The Bertz CT molecular complexity index is 1310. The molecular weight excluding hydrogens is 534 g/mol. The Kier molecular flexibility index (Phi) is 8.86. The molecule has 3 heterocycles. The van der Waals surface area contributed by atoms with Gasteiger partial charge in [-0.15, -0.1) is 0 Å². The van der Waals surface area contributed by atoms with E-state index < -0.39 is 29.5 Å². The van der Waals surface area contributed by atoms with Gasteiger partial charge in [0.1, 0.15) is 35.2 Å². The van der Waals surface area contributed by atoms with E-state index in [0.29, 0.717) is 31.0 Å². The fourth-order valence-electron chi connectivity index (χ4n) is 4.81. The van der Waals surface area contributed by atoms with Crippen molar-refractivity contribution in [3.05, 3.63) is 53.4 Å². The van der Waals surface area contributed by atoms with E-state index in [4.69, 9.17) is 16.3 Å². The van der Waals surface area contributed by atoms with Crippen molar-refractivity contribution in [2.75, 3.05) is 32.1 Å². The van der Waals surface area contributed by atoms with Crippen LogP contribution in [0.25, 0.3) is 11.0 Å². The van der Waals surface area contributed by atoms with Crippen molar-refractivity contribution < 1.29 is 19.4 Å². The molecule has 1 aliphatic heterocycles. The number of benzene rings is 1. The molecule has 0 saturated carbocycles. The third kappa shape index (κ3) is 7.01. The van der Waals surface area contributed by atoms with Crippen molar-refractivity contribution in [2.24, 2.45) is 0 Å². The van der Waals surface area contributed by atoms with Gasteiger partial charge in [0.15, 0.2) is 0 Å². The summed E-state index contributed by atoms with van der Waals surface area (Å²) in [6, 6.07) is 8.53. The van der Waals surface area contributed by atoms with Crippen molar-refractivity contribution in [1.29, 1.82) is 0 Å². The number of carbonyl (C=O) groups excluding carboxylic acids is 2. The highest BCUT2D eigenvalue weighted by Gasteiger charge is 2.45. The first-order valence-corrected chi connectivity index (χ1v) is 13.7. The molecule has 0 aliphatic carbocycles. The number of piperidine rings is 1. The SMILES string of the molecule is CN(C)C(O)CC(NC(=O)C1(NC(=O)OC(C)(C)C)CCN(c2ncnc3[nH]ccc23)CC1)c1ccc(Cl)cc1. The minimum atomic E-state index is -1.24. The Labute approximate surface area is 239 Å². The Morgan fingerprint density at radius 1 is 1.18 bits per heavy atom. The van der Waals surface area contributed by atoms with Crippen molar-refractivity contribution in [2.45, 2.75) is 63.4 Å². The van der Waals surface area contributed by atoms with Crippen molar-refractivity contribution in [3.8, 4) is 0 Å². The van der Waals surface area contributed by atoms with Crippen LogP contribution < -0.4 is 15.5 Å². The first kappa shape index (κ1) is 29.6. The second-order valence-electron chi connectivity index (χ2n) is 11.4. The molecule has 40 heavy (non-hydrogen) atoms. The van der Waals surface area contributed by atoms with Gasteiger partial charge in [-0.1, -0.05) is 23.7 Å². The van der Waals surface area contributed by atoms with Crippen LogP contribution in [0, 0.1) is 0 Å². The van der Waals surface area contributed by atoms with Gasteiger partial charge in [0.05, 0.1) is 11.4 Å². The van der Waals surface area contributed by atoms with Crippen LogP contribution in [0.4, 0.5) is 10.6 Å². The highest BCUT2D eigenvalue weighted by molar-refractivity contribution is 6.30. The van der Waals surface area contributed by atoms with Crippen LogP contribution in [0.1, 0.15) is 51.6 Å². The molecule has 11 nitrogen and oxygen atoms in total. The Morgan fingerprint density at radius 3 is 2.48 bits per heavy atom. The molecule has 3 aromatic rings. The number of carbonyl (C=O) groups is 2. The highest BCUT2D eigenvalue weighted by Crippen LogP contribution is 2.31. The number of rotatable bonds is 8. The highest BCUT2D eigenvalue weighted by atomic mass is 35.5. The van der Waals surface area contributed by atoms with Crippen molar-refractivity contribution in [1.82, 2.24) is 30.5 Å². The molecule has 2 amide bonds. The zero-order valence-electron chi connectivity index (χ0n) is 23.6. The number of aliphatic hydroxyl groups excluding tert-OH is 1. The summed E-state index contributed by atoms with van der Waals surface area (Å²) in [6.07, 6.45) is 2.72. The molecule has 1 fully saturated rings. The lowest BCUT2D eigenvalue weighted by Gasteiger charge is -2.42. The van der Waals surface area contributed by atoms with E-state index in [1.54, 1.807) is 51.9 Å². The van der Waals surface area contributed by atoms with Gasteiger partial charge < -0.3 is 30.4 Å². The molecule has 2 aromatic heterocycles. The summed E-state index contributed by atoms with van der Waals surface area (Å²) in [5, 5.41) is 18.1. The Balaban J connectivity index is 1.60. The van der Waals surface area contributed by atoms with Gasteiger partial charge in [-0.05, 0) is 71.5 Å². The molecule has 4 rings (SSSR count). The fourth-order valence-corrected chi connectivity index (χ4v) is 4.94. The van der Waals surface area contributed by atoms with Gasteiger partial charge in [0, 0.05) is 30.7 Å². The number of aromatic nitrogens is 3. The molecule has 0 spiro atoms. The number of nitrogens with one attached hydrogen (secondary N) is 3. The van der Waals surface area contributed by atoms with E-state index in [2.05, 4.69) is 30.5 Å². The van der Waals surface area contributed by atoms with E-state index in [9.17, 15) is 14.7 Å². The van der Waals surface area contributed by atoms with E-state index in [-0.39, 0.29) is 12.3 Å². The Morgan fingerprint density at radius 2 is 1.85 bits per heavy atom. The molecule has 1 saturated heterocycles. The molecule has 4 N–H and O–H groups in total. The number of halogens is 1. The van der Waals surface area contributed by atoms with E-state index in [0.717, 1.165) is 22.4 Å². The third-order valence-electron chi connectivity index (χ3n) is 7.04. The summed E-state index contributed by atoms with van der Waals surface area (Å²) in [6.45, 7) is 6.26. The predicted molar refractivity (Wildman–Crippen MR) is 154 cm³/mol. The number of H-pyrrole nitrogens is 1. The van der Waals surface area contributed by atoms with E-state index in [1.165, 1.54) is 6.33 Å². The number of aliphatic hydroxyl groups is 1. The zero-order chi connectivity index (χ0) is 29.1. The molecular formula is C28H38ClN7O4. The molecule has 2 atom stereocenters. The largest absolute Gasteiger partial charge is 0.444 e. The maximum atomic E-state index is 14.1. The maximum Gasteiger partial charge on any atom is 0.408 e. The predicted octanol–water partition coefficient (Wildman–Crippen LogP) is 3.60. The van der Waals surface area contributed by atoms with E-state index in [1.807, 2.05) is 24.4 Å². The van der Waals surface area contributed by atoms with Crippen LogP contribution in [0.2, 0.25) is 5.02 Å². The monoisotopic (exact) mass is 571 g/mol. The smallest absolute Gasteiger partial charge is 0.408 e. The minimum Gasteiger partial charge on any atom is -0.444 e. The number of anilines is 1. The lowest BCUT2D eigenvalue weighted by Crippen LogP contribution is -2.64. The fraction of sp³-hybridized carbons (Fsp3) is 0.500. The maximum absolute atomic E-state index is 14.1. The third-order valence-corrected chi connectivity index (χ3v) is 7.30. The van der Waals surface area contributed by atoms with E-state index >= 15 is 0 Å². The number of amides is 2. The summed E-state index contributed by atoms with van der Waals surface area (Å²) in [5.41, 5.74) is -0.446. The van der Waals surface area contributed by atoms with Crippen LogP contribution in [0.5, 0.6) is 0 Å². The van der Waals surface area contributed by atoms with Crippen molar-refractivity contribution >= 4 is 40.5 Å². The quantitative estimate of drug-likeness (QED) is 0.301. The number of nitrogens with zero attached hydrogens (tertiary/aromatic N) is 4. The summed E-state index contributed by atoms with van der Waals surface area (Å²) >= 11 is 6.10. The van der Waals surface area contributed by atoms with Crippen LogP contribution >= 0.6 is 11.6 Å². The number of hydrogen-bond acceptors (Lipinski definition) is 8. The number of fused-ring (bicyclic) bond motifs is 1. The summed E-state index contributed by atoms with van der Waals surface area (Å²) in [7, 11) is 3.53. The molecule has 0 radical (unpaired) electrons. The lowest BCUT2D eigenvalue weighted by atomic mass is 9.85. The second kappa shape index (κ2) is 12.0. The minimum absolute atomic E-state index is 0.238. The number of ether oxygens (including phenoxy) is 1. The van der Waals surface area contributed by atoms with Crippen LogP contribution in [0.15, 0.2) is 42.9 Å². The normalized spacial score (nSPS) is 16.9. The van der Waals surface area contributed by atoms with Gasteiger partial charge in [-0.25, -0.2) is 14.8 Å². The first-order chi connectivity index (χ1) is 18.9. The van der Waals surface area contributed by atoms with Gasteiger partial charge in [-0.2, -0.15) is 0 Å². The van der Waals surface area contributed by atoms with Crippen molar-refractivity contribution in [3.63, 3.8) is 0 Å². The lowest BCUT2D eigenvalue weighted by molar-refractivity contribution is -0.129. The van der Waals surface area contributed by atoms with Gasteiger partial charge in [-0.3, -0.25) is 9.69 Å². The molecule has 12 heteroatoms. The molecule has 216 valence electrons. The molecule has 1 aromatic carbocycles. The number of aromatic amines is 1. The van der Waals surface area contributed by atoms with Gasteiger partial charge in [0.2, 0.25) is 5.91 Å². The molecule has 1 aliphatic rings. The average Bonchev–Trinajstić information content (AvgIpc) is 3.37. The number of hydrogen-bond donors (Lipinski definition) is 4. The second-order valence-corrected chi connectivity index (χ2v) is 11.8. The Hall–Kier alpha value is -3.41. The van der Waals surface area contributed by atoms with Gasteiger partial charge >= 0.3 is 6.09 Å². The topological polar surface area (TPSA) is 136 Å². The van der Waals surface area contributed by atoms with Crippen LogP contribution in [-0.4, -0.2) is 81.5 Å².